The monoisotopic (exact) mass is 283 g/mol. The van der Waals surface area contributed by atoms with Gasteiger partial charge in [0.05, 0.1) is 19.3 Å². The molecule has 114 valence electrons. The molecule has 1 aromatic heterocycles. The number of aliphatic hydroxyl groups is 1. The Labute approximate surface area is 120 Å². The van der Waals surface area contributed by atoms with E-state index in [0.717, 1.165) is 25.8 Å². The highest BCUT2D eigenvalue weighted by Gasteiger charge is 2.24. The van der Waals surface area contributed by atoms with Gasteiger partial charge in [-0.25, -0.2) is 0 Å². The maximum Gasteiger partial charge on any atom is 0.240 e. The topological polar surface area (TPSA) is 71.6 Å². The first-order chi connectivity index (χ1) is 9.69. The van der Waals surface area contributed by atoms with Gasteiger partial charge < -0.3 is 14.4 Å². The molecule has 1 N–H and O–H groups in total. The van der Waals surface area contributed by atoms with Crippen LogP contribution in [0.3, 0.4) is 0 Å². The van der Waals surface area contributed by atoms with Gasteiger partial charge in [-0.3, -0.25) is 4.90 Å². The summed E-state index contributed by atoms with van der Waals surface area (Å²) in [5, 5.41) is 13.9. The fourth-order valence-electron chi connectivity index (χ4n) is 2.75. The number of hydrogen-bond acceptors (Lipinski definition) is 6. The molecule has 6 nitrogen and oxygen atoms in total. The number of ether oxygens (including phenoxy) is 1. The molecular weight excluding hydrogens is 258 g/mol. The van der Waals surface area contributed by atoms with E-state index in [9.17, 15) is 5.11 Å². The maximum atomic E-state index is 9.99. The van der Waals surface area contributed by atoms with Crippen LogP contribution in [0.5, 0.6) is 0 Å². The molecule has 0 amide bonds. The summed E-state index contributed by atoms with van der Waals surface area (Å²) in [6.45, 7) is 2.10. The summed E-state index contributed by atoms with van der Waals surface area (Å²) in [7, 11) is 3.69. The minimum Gasteiger partial charge on any atom is -0.393 e. The number of nitrogens with zero attached hydrogens (tertiary/aromatic N) is 3. The number of aliphatic hydroxyl groups excluding tert-OH is 1. The lowest BCUT2D eigenvalue weighted by Gasteiger charge is -2.30. The van der Waals surface area contributed by atoms with Gasteiger partial charge in [0.25, 0.3) is 0 Å². The Kier molecular flexibility index (Phi) is 5.94. The molecule has 1 saturated carbocycles. The van der Waals surface area contributed by atoms with Gasteiger partial charge in [-0.05, 0) is 25.8 Å². The van der Waals surface area contributed by atoms with Crippen molar-refractivity contribution in [2.24, 2.45) is 5.92 Å². The van der Waals surface area contributed by atoms with Crippen LogP contribution in [0.1, 0.15) is 37.4 Å². The van der Waals surface area contributed by atoms with E-state index in [-0.39, 0.29) is 6.10 Å². The van der Waals surface area contributed by atoms with Gasteiger partial charge >= 0.3 is 0 Å². The second-order valence-electron chi connectivity index (χ2n) is 5.66. The number of aromatic nitrogens is 2. The minimum atomic E-state index is -0.161. The van der Waals surface area contributed by atoms with E-state index in [1.165, 1.54) is 6.42 Å². The van der Waals surface area contributed by atoms with Crippen LogP contribution in [0.4, 0.5) is 0 Å². The second-order valence-corrected chi connectivity index (χ2v) is 5.66. The Bertz CT molecular complexity index is 397. The molecule has 1 aliphatic carbocycles. The molecule has 20 heavy (non-hydrogen) atoms. The van der Waals surface area contributed by atoms with Crippen LogP contribution >= 0.6 is 0 Å². The van der Waals surface area contributed by atoms with Crippen molar-refractivity contribution in [1.82, 2.24) is 15.0 Å². The van der Waals surface area contributed by atoms with Crippen LogP contribution in [-0.2, 0) is 17.7 Å². The summed E-state index contributed by atoms with van der Waals surface area (Å²) in [5.74, 6) is 1.68. The molecule has 0 radical (unpaired) electrons. The SMILES string of the molecule is COCCc1noc(CN(C)CC2CCCCC2O)n1. The Morgan fingerprint density at radius 3 is 2.95 bits per heavy atom. The molecule has 0 saturated heterocycles. The standard InChI is InChI=1S/C14H25N3O3/c1-17(9-11-5-3-4-6-12(11)18)10-14-15-13(16-20-14)7-8-19-2/h11-12,18H,3-10H2,1-2H3. The highest BCUT2D eigenvalue weighted by Crippen LogP contribution is 2.25. The van der Waals surface area contributed by atoms with Crippen molar-refractivity contribution in [1.29, 1.82) is 0 Å². The Morgan fingerprint density at radius 2 is 2.20 bits per heavy atom. The first kappa shape index (κ1) is 15.4. The third-order valence-electron chi connectivity index (χ3n) is 3.86. The third kappa shape index (κ3) is 4.54. The lowest BCUT2D eigenvalue weighted by molar-refractivity contribution is 0.0484. The smallest absolute Gasteiger partial charge is 0.240 e. The van der Waals surface area contributed by atoms with Gasteiger partial charge in [-0.1, -0.05) is 18.0 Å². The molecule has 1 heterocycles. The van der Waals surface area contributed by atoms with Crippen molar-refractivity contribution in [2.45, 2.75) is 44.8 Å². The van der Waals surface area contributed by atoms with E-state index < -0.39 is 0 Å². The van der Waals surface area contributed by atoms with Crippen molar-refractivity contribution in [3.05, 3.63) is 11.7 Å². The van der Waals surface area contributed by atoms with E-state index in [2.05, 4.69) is 15.0 Å². The summed E-state index contributed by atoms with van der Waals surface area (Å²) in [5.41, 5.74) is 0. The Balaban J connectivity index is 1.78. The van der Waals surface area contributed by atoms with E-state index in [4.69, 9.17) is 9.26 Å². The van der Waals surface area contributed by atoms with Crippen LogP contribution in [0.2, 0.25) is 0 Å². The van der Waals surface area contributed by atoms with Crippen molar-refractivity contribution < 1.29 is 14.4 Å². The van der Waals surface area contributed by atoms with Crippen molar-refractivity contribution in [3.63, 3.8) is 0 Å². The van der Waals surface area contributed by atoms with Crippen molar-refractivity contribution >= 4 is 0 Å². The first-order valence-electron chi connectivity index (χ1n) is 7.36. The predicted molar refractivity (Wildman–Crippen MR) is 74.2 cm³/mol. The summed E-state index contributed by atoms with van der Waals surface area (Å²) >= 11 is 0. The van der Waals surface area contributed by atoms with E-state index in [0.29, 0.717) is 37.2 Å². The summed E-state index contributed by atoms with van der Waals surface area (Å²) in [4.78, 5) is 6.48. The summed E-state index contributed by atoms with van der Waals surface area (Å²) in [6, 6.07) is 0. The second kappa shape index (κ2) is 7.71. The predicted octanol–water partition coefficient (Wildman–Crippen LogP) is 1.24. The minimum absolute atomic E-state index is 0.161. The van der Waals surface area contributed by atoms with Crippen LogP contribution in [0.15, 0.2) is 4.52 Å². The molecule has 2 rings (SSSR count). The van der Waals surface area contributed by atoms with Gasteiger partial charge in [0.15, 0.2) is 5.82 Å². The molecule has 1 fully saturated rings. The van der Waals surface area contributed by atoms with E-state index in [1.807, 2.05) is 7.05 Å². The van der Waals surface area contributed by atoms with Gasteiger partial charge in [-0.15, -0.1) is 0 Å². The molecule has 0 bridgehead atoms. The Hall–Kier alpha value is -0.980. The van der Waals surface area contributed by atoms with Crippen molar-refractivity contribution in [2.75, 3.05) is 27.3 Å². The molecule has 0 aliphatic heterocycles. The van der Waals surface area contributed by atoms with Gasteiger partial charge in [-0.2, -0.15) is 4.98 Å². The molecular formula is C14H25N3O3. The zero-order chi connectivity index (χ0) is 14.4. The quantitative estimate of drug-likeness (QED) is 0.812. The van der Waals surface area contributed by atoms with Crippen LogP contribution in [-0.4, -0.2) is 53.6 Å². The highest BCUT2D eigenvalue weighted by atomic mass is 16.5. The highest BCUT2D eigenvalue weighted by molar-refractivity contribution is 4.87. The van der Waals surface area contributed by atoms with Gasteiger partial charge in [0.2, 0.25) is 5.89 Å². The maximum absolute atomic E-state index is 9.99. The first-order valence-corrected chi connectivity index (χ1v) is 7.36. The largest absolute Gasteiger partial charge is 0.393 e. The average molecular weight is 283 g/mol. The molecule has 2 atom stereocenters. The zero-order valence-corrected chi connectivity index (χ0v) is 12.4. The fourth-order valence-corrected chi connectivity index (χ4v) is 2.75. The number of methoxy groups -OCH3 is 1. The molecule has 1 aliphatic rings. The average Bonchev–Trinajstić information content (AvgIpc) is 2.86. The summed E-state index contributed by atoms with van der Waals surface area (Å²) in [6.07, 6.45) is 4.91. The van der Waals surface area contributed by atoms with Crippen LogP contribution in [0, 0.1) is 5.92 Å². The lowest BCUT2D eigenvalue weighted by Crippen LogP contribution is -2.34. The normalized spacial score (nSPS) is 23.4. The van der Waals surface area contributed by atoms with Gasteiger partial charge in [0.1, 0.15) is 0 Å². The van der Waals surface area contributed by atoms with Crippen LogP contribution < -0.4 is 0 Å². The third-order valence-corrected chi connectivity index (χ3v) is 3.86. The molecule has 0 aromatic carbocycles. The fraction of sp³-hybridized carbons (Fsp3) is 0.857. The van der Waals surface area contributed by atoms with Crippen molar-refractivity contribution in [3.8, 4) is 0 Å². The molecule has 2 unspecified atom stereocenters. The number of rotatable bonds is 7. The van der Waals surface area contributed by atoms with E-state index >= 15 is 0 Å². The zero-order valence-electron chi connectivity index (χ0n) is 12.4. The molecule has 6 heteroatoms. The Morgan fingerprint density at radius 1 is 1.40 bits per heavy atom. The summed E-state index contributed by atoms with van der Waals surface area (Å²) < 4.78 is 10.2. The lowest BCUT2D eigenvalue weighted by atomic mass is 9.86. The number of hydrogen-bond donors (Lipinski definition) is 1. The molecule has 0 spiro atoms. The van der Waals surface area contributed by atoms with Crippen LogP contribution in [0.25, 0.3) is 0 Å². The van der Waals surface area contributed by atoms with Gasteiger partial charge in [0, 0.05) is 20.1 Å². The molecule has 1 aromatic rings. The van der Waals surface area contributed by atoms with E-state index in [1.54, 1.807) is 7.11 Å².